The number of unbranched alkanes of at least 4 members (excludes halogenated alkanes) is 18. The van der Waals surface area contributed by atoms with Gasteiger partial charge in [-0.1, -0.05) is 136 Å². The van der Waals surface area contributed by atoms with Crippen molar-refractivity contribution in [2.45, 2.75) is 181 Å². The number of ether oxygens (including phenoxy) is 2. The number of hydrogen-bond donors (Lipinski definition) is 0. The van der Waals surface area contributed by atoms with Gasteiger partial charge in [0.2, 0.25) is 6.29 Å². The molecule has 0 aliphatic carbocycles. The summed E-state index contributed by atoms with van der Waals surface area (Å²) in [6.07, 6.45) is 25.6. The molecule has 202 valence electrons. The fraction of sp³-hybridized carbons (Fsp3) is 0.933. The first-order valence-electron chi connectivity index (χ1n) is 15.0. The van der Waals surface area contributed by atoms with Gasteiger partial charge < -0.3 is 9.47 Å². The predicted molar refractivity (Wildman–Crippen MR) is 144 cm³/mol. The van der Waals surface area contributed by atoms with Crippen LogP contribution in [0.1, 0.15) is 175 Å². The summed E-state index contributed by atoms with van der Waals surface area (Å²) < 4.78 is 11.2. The average molecular weight is 483 g/mol. The molecule has 0 heterocycles. The maximum absolute atomic E-state index is 12.3. The van der Waals surface area contributed by atoms with Gasteiger partial charge in [-0.2, -0.15) is 0 Å². The van der Waals surface area contributed by atoms with Crippen LogP contribution in [0.25, 0.3) is 0 Å². The molecule has 0 aliphatic rings. The van der Waals surface area contributed by atoms with Gasteiger partial charge in [0.15, 0.2) is 0 Å². The summed E-state index contributed by atoms with van der Waals surface area (Å²) in [6, 6.07) is 0. The minimum atomic E-state index is -0.704. The molecule has 0 rings (SSSR count). The SMILES string of the molecule is CCCCCCCCCCCC(OC(=O)CCCCCCCC)OC(=O)CCCCCCCC. The van der Waals surface area contributed by atoms with E-state index in [1.807, 2.05) is 0 Å². The highest BCUT2D eigenvalue weighted by Gasteiger charge is 2.18. The summed E-state index contributed by atoms with van der Waals surface area (Å²) in [4.78, 5) is 24.7. The Kier molecular flexibility index (Phi) is 25.7. The van der Waals surface area contributed by atoms with E-state index in [1.54, 1.807) is 0 Å². The van der Waals surface area contributed by atoms with Gasteiger partial charge in [0.25, 0.3) is 0 Å². The number of rotatable bonds is 26. The molecule has 0 unspecified atom stereocenters. The fourth-order valence-electron chi connectivity index (χ4n) is 4.27. The fourth-order valence-corrected chi connectivity index (χ4v) is 4.27. The smallest absolute Gasteiger partial charge is 0.308 e. The standard InChI is InChI=1S/C30H58O4/c1-4-7-10-13-16-17-18-21-24-27-30(33-28(31)25-22-19-14-11-8-5-2)34-29(32)26-23-20-15-12-9-6-3/h30H,4-27H2,1-3H3. The first kappa shape index (κ1) is 32.9. The minimum Gasteiger partial charge on any atom is -0.425 e. The molecule has 4 nitrogen and oxygen atoms in total. The maximum atomic E-state index is 12.3. The molecule has 0 fully saturated rings. The summed E-state index contributed by atoms with van der Waals surface area (Å²) in [5.41, 5.74) is 0. The Labute approximate surface area is 212 Å². The normalized spacial score (nSPS) is 11.2. The van der Waals surface area contributed by atoms with Gasteiger partial charge in [0.05, 0.1) is 0 Å². The van der Waals surface area contributed by atoms with Crippen LogP contribution in [0.4, 0.5) is 0 Å². The lowest BCUT2D eigenvalue weighted by atomic mass is 10.1. The summed E-state index contributed by atoms with van der Waals surface area (Å²) in [6.45, 7) is 6.66. The molecular weight excluding hydrogens is 424 g/mol. The van der Waals surface area contributed by atoms with Gasteiger partial charge in [-0.15, -0.1) is 0 Å². The van der Waals surface area contributed by atoms with Crippen LogP contribution in [0, 0.1) is 0 Å². The van der Waals surface area contributed by atoms with Crippen LogP contribution in [-0.4, -0.2) is 18.2 Å². The first-order valence-corrected chi connectivity index (χ1v) is 15.0. The molecule has 0 radical (unpaired) electrons. The van der Waals surface area contributed by atoms with Crippen molar-refractivity contribution in [1.29, 1.82) is 0 Å². The number of esters is 2. The monoisotopic (exact) mass is 482 g/mol. The molecule has 0 aromatic carbocycles. The highest BCUT2D eigenvalue weighted by molar-refractivity contribution is 5.71. The van der Waals surface area contributed by atoms with Crippen LogP contribution >= 0.6 is 0 Å². The van der Waals surface area contributed by atoms with Crippen molar-refractivity contribution in [3.63, 3.8) is 0 Å². The molecule has 0 amide bonds. The highest BCUT2D eigenvalue weighted by atomic mass is 16.7. The van der Waals surface area contributed by atoms with E-state index >= 15 is 0 Å². The van der Waals surface area contributed by atoms with Crippen LogP contribution < -0.4 is 0 Å². The molecule has 0 atom stereocenters. The van der Waals surface area contributed by atoms with Gasteiger partial charge in [0.1, 0.15) is 0 Å². The second kappa shape index (κ2) is 26.5. The van der Waals surface area contributed by atoms with Crippen molar-refractivity contribution in [3.05, 3.63) is 0 Å². The first-order chi connectivity index (χ1) is 16.6. The van der Waals surface area contributed by atoms with E-state index < -0.39 is 6.29 Å². The number of hydrogen-bond acceptors (Lipinski definition) is 4. The van der Waals surface area contributed by atoms with Crippen molar-refractivity contribution in [2.75, 3.05) is 0 Å². The highest BCUT2D eigenvalue weighted by Crippen LogP contribution is 2.16. The van der Waals surface area contributed by atoms with Crippen LogP contribution in [-0.2, 0) is 19.1 Å². The Balaban J connectivity index is 4.21. The third-order valence-electron chi connectivity index (χ3n) is 6.54. The van der Waals surface area contributed by atoms with Crippen molar-refractivity contribution in [2.24, 2.45) is 0 Å². The van der Waals surface area contributed by atoms with Gasteiger partial charge in [0, 0.05) is 19.3 Å². The van der Waals surface area contributed by atoms with Crippen molar-refractivity contribution >= 4 is 11.9 Å². The van der Waals surface area contributed by atoms with Gasteiger partial charge in [-0.25, -0.2) is 0 Å². The largest absolute Gasteiger partial charge is 0.425 e. The van der Waals surface area contributed by atoms with Crippen LogP contribution in [0.2, 0.25) is 0 Å². The third-order valence-corrected chi connectivity index (χ3v) is 6.54. The Bertz CT molecular complexity index is 419. The lowest BCUT2D eigenvalue weighted by Crippen LogP contribution is -2.24. The molecule has 0 saturated heterocycles. The van der Waals surface area contributed by atoms with E-state index in [2.05, 4.69) is 20.8 Å². The lowest BCUT2D eigenvalue weighted by molar-refractivity contribution is -0.189. The van der Waals surface area contributed by atoms with E-state index in [0.29, 0.717) is 19.3 Å². The molecular formula is C30H58O4. The zero-order valence-corrected chi connectivity index (χ0v) is 23.2. The lowest BCUT2D eigenvalue weighted by Gasteiger charge is -2.18. The maximum Gasteiger partial charge on any atom is 0.308 e. The second-order valence-electron chi connectivity index (χ2n) is 10.1. The second-order valence-corrected chi connectivity index (χ2v) is 10.1. The van der Waals surface area contributed by atoms with Crippen LogP contribution in [0.15, 0.2) is 0 Å². The molecule has 0 aliphatic heterocycles. The molecule has 4 heteroatoms. The Morgan fingerprint density at radius 1 is 0.441 bits per heavy atom. The van der Waals surface area contributed by atoms with Gasteiger partial charge >= 0.3 is 11.9 Å². The summed E-state index contributed by atoms with van der Waals surface area (Å²) in [5.74, 6) is -0.437. The number of carbonyl (C=O) groups excluding carboxylic acids is 2. The van der Waals surface area contributed by atoms with E-state index in [9.17, 15) is 9.59 Å². The topological polar surface area (TPSA) is 52.6 Å². The van der Waals surface area contributed by atoms with Crippen molar-refractivity contribution < 1.29 is 19.1 Å². The zero-order valence-electron chi connectivity index (χ0n) is 23.2. The van der Waals surface area contributed by atoms with Gasteiger partial charge in [-0.05, 0) is 19.3 Å². The van der Waals surface area contributed by atoms with Crippen LogP contribution in [0.3, 0.4) is 0 Å². The van der Waals surface area contributed by atoms with Crippen molar-refractivity contribution in [3.8, 4) is 0 Å². The Morgan fingerprint density at radius 3 is 1.09 bits per heavy atom. The average Bonchev–Trinajstić information content (AvgIpc) is 2.82. The summed E-state index contributed by atoms with van der Waals surface area (Å²) in [7, 11) is 0. The van der Waals surface area contributed by atoms with E-state index in [1.165, 1.54) is 96.3 Å². The van der Waals surface area contributed by atoms with E-state index in [-0.39, 0.29) is 11.9 Å². The Morgan fingerprint density at radius 2 is 0.735 bits per heavy atom. The number of carbonyl (C=O) groups is 2. The minimum absolute atomic E-state index is 0.219. The van der Waals surface area contributed by atoms with Crippen LogP contribution in [0.5, 0.6) is 0 Å². The molecule has 0 saturated carbocycles. The predicted octanol–water partition coefficient (Wildman–Crippen LogP) is 9.82. The molecule has 0 bridgehead atoms. The van der Waals surface area contributed by atoms with E-state index in [0.717, 1.165) is 38.5 Å². The third kappa shape index (κ3) is 24.1. The zero-order chi connectivity index (χ0) is 25.1. The molecule has 0 spiro atoms. The summed E-state index contributed by atoms with van der Waals surface area (Å²) in [5, 5.41) is 0. The molecule has 0 aromatic rings. The molecule has 34 heavy (non-hydrogen) atoms. The van der Waals surface area contributed by atoms with Crippen molar-refractivity contribution in [1.82, 2.24) is 0 Å². The van der Waals surface area contributed by atoms with Gasteiger partial charge in [-0.3, -0.25) is 9.59 Å². The quantitative estimate of drug-likeness (QED) is 0.0699. The Hall–Kier alpha value is -1.06. The summed E-state index contributed by atoms with van der Waals surface area (Å²) >= 11 is 0. The molecule has 0 aromatic heterocycles. The van der Waals surface area contributed by atoms with E-state index in [4.69, 9.17) is 9.47 Å². The molecule has 0 N–H and O–H groups in total.